The van der Waals surface area contributed by atoms with Crippen LogP contribution in [0.3, 0.4) is 0 Å². The van der Waals surface area contributed by atoms with E-state index in [4.69, 9.17) is 4.74 Å². The number of Topliss-reactive ketones (excluding diaryl/α,β-unsaturated/α-hetero) is 1. The zero-order valence-electron chi connectivity index (χ0n) is 7.53. The molecule has 1 aromatic carbocycles. The van der Waals surface area contributed by atoms with Crippen LogP contribution in [0.2, 0.25) is 0 Å². The molecule has 1 aromatic rings. The van der Waals surface area contributed by atoms with E-state index in [1.165, 1.54) is 14.0 Å². The number of carbonyl (C=O) groups is 2. The average molecular weight is 178 g/mol. The first-order chi connectivity index (χ1) is 6.20. The van der Waals surface area contributed by atoms with Crippen molar-refractivity contribution in [3.05, 3.63) is 29.3 Å². The van der Waals surface area contributed by atoms with E-state index < -0.39 is 0 Å². The smallest absolute Gasteiger partial charge is 0.160 e. The number of ketones is 1. The van der Waals surface area contributed by atoms with E-state index in [2.05, 4.69) is 0 Å². The number of aldehydes is 1. The van der Waals surface area contributed by atoms with Gasteiger partial charge in [0.1, 0.15) is 5.75 Å². The molecule has 0 saturated heterocycles. The molecule has 0 heterocycles. The van der Waals surface area contributed by atoms with Crippen LogP contribution >= 0.6 is 0 Å². The third kappa shape index (κ3) is 1.75. The zero-order chi connectivity index (χ0) is 9.84. The monoisotopic (exact) mass is 178 g/mol. The Balaban J connectivity index is 3.35. The van der Waals surface area contributed by atoms with Crippen LogP contribution < -0.4 is 4.74 Å². The van der Waals surface area contributed by atoms with Crippen molar-refractivity contribution in [3.8, 4) is 5.75 Å². The average Bonchev–Trinajstić information content (AvgIpc) is 2.16. The van der Waals surface area contributed by atoms with Gasteiger partial charge in [0, 0.05) is 5.56 Å². The molecule has 3 heteroatoms. The zero-order valence-corrected chi connectivity index (χ0v) is 7.53. The number of ether oxygens (including phenoxy) is 1. The summed E-state index contributed by atoms with van der Waals surface area (Å²) in [6, 6.07) is 4.94. The van der Waals surface area contributed by atoms with Gasteiger partial charge in [0.2, 0.25) is 0 Å². The van der Waals surface area contributed by atoms with Crippen LogP contribution in [0.4, 0.5) is 0 Å². The number of hydrogen-bond acceptors (Lipinski definition) is 3. The van der Waals surface area contributed by atoms with Crippen molar-refractivity contribution in [2.24, 2.45) is 0 Å². The van der Waals surface area contributed by atoms with Crippen molar-refractivity contribution in [1.29, 1.82) is 0 Å². The van der Waals surface area contributed by atoms with Crippen LogP contribution in [0.5, 0.6) is 5.75 Å². The predicted molar refractivity (Wildman–Crippen MR) is 48.4 cm³/mol. The van der Waals surface area contributed by atoms with Crippen LogP contribution in [-0.4, -0.2) is 19.2 Å². The number of methoxy groups -OCH3 is 1. The van der Waals surface area contributed by atoms with Gasteiger partial charge >= 0.3 is 0 Å². The van der Waals surface area contributed by atoms with Gasteiger partial charge in [-0.3, -0.25) is 9.59 Å². The summed E-state index contributed by atoms with van der Waals surface area (Å²) in [6.07, 6.45) is 0.634. The van der Waals surface area contributed by atoms with E-state index in [0.717, 1.165) is 0 Å². The Kier molecular flexibility index (Phi) is 2.80. The first-order valence-electron chi connectivity index (χ1n) is 3.83. The van der Waals surface area contributed by atoms with E-state index in [1.54, 1.807) is 18.2 Å². The second-order valence-electron chi connectivity index (χ2n) is 2.60. The van der Waals surface area contributed by atoms with Gasteiger partial charge in [-0.25, -0.2) is 0 Å². The van der Waals surface area contributed by atoms with Crippen LogP contribution in [0.25, 0.3) is 0 Å². The lowest BCUT2D eigenvalue weighted by molar-refractivity contribution is 0.100. The highest BCUT2D eigenvalue weighted by Gasteiger charge is 2.10. The second kappa shape index (κ2) is 3.85. The summed E-state index contributed by atoms with van der Waals surface area (Å²) < 4.78 is 4.94. The third-order valence-corrected chi connectivity index (χ3v) is 1.78. The maximum absolute atomic E-state index is 11.1. The molecule has 0 atom stereocenters. The second-order valence-corrected chi connectivity index (χ2v) is 2.60. The molecule has 0 fully saturated rings. The van der Waals surface area contributed by atoms with Crippen LogP contribution in [0.15, 0.2) is 18.2 Å². The summed E-state index contributed by atoms with van der Waals surface area (Å²) in [7, 11) is 1.46. The Labute approximate surface area is 76.3 Å². The van der Waals surface area contributed by atoms with Gasteiger partial charge in [-0.1, -0.05) is 12.1 Å². The van der Waals surface area contributed by atoms with E-state index in [9.17, 15) is 9.59 Å². The van der Waals surface area contributed by atoms with E-state index in [-0.39, 0.29) is 5.78 Å². The summed E-state index contributed by atoms with van der Waals surface area (Å²) >= 11 is 0. The highest BCUT2D eigenvalue weighted by Crippen LogP contribution is 2.20. The largest absolute Gasteiger partial charge is 0.496 e. The topological polar surface area (TPSA) is 43.4 Å². The quantitative estimate of drug-likeness (QED) is 0.522. The van der Waals surface area contributed by atoms with Crippen molar-refractivity contribution >= 4 is 12.1 Å². The van der Waals surface area contributed by atoms with E-state index in [0.29, 0.717) is 23.2 Å². The first-order valence-corrected chi connectivity index (χ1v) is 3.83. The molecule has 0 saturated carbocycles. The molecule has 68 valence electrons. The van der Waals surface area contributed by atoms with Crippen LogP contribution in [0.1, 0.15) is 27.6 Å². The maximum atomic E-state index is 11.1. The van der Waals surface area contributed by atoms with Gasteiger partial charge in [0.05, 0.1) is 12.7 Å². The number of rotatable bonds is 3. The Hall–Kier alpha value is -1.64. The minimum absolute atomic E-state index is 0.138. The molecule has 1 rings (SSSR count). The Morgan fingerprint density at radius 2 is 2.15 bits per heavy atom. The maximum Gasteiger partial charge on any atom is 0.160 e. The Morgan fingerprint density at radius 1 is 1.46 bits per heavy atom. The molecule has 3 nitrogen and oxygen atoms in total. The minimum atomic E-state index is -0.138. The van der Waals surface area contributed by atoms with E-state index in [1.807, 2.05) is 0 Å². The molecule has 0 radical (unpaired) electrons. The SMILES string of the molecule is COc1cccc(C(C)=O)c1C=O. The molecule has 0 spiro atoms. The lowest BCUT2D eigenvalue weighted by Crippen LogP contribution is -2.01. The molecule has 0 aromatic heterocycles. The summed E-state index contributed by atoms with van der Waals surface area (Å²) in [5.74, 6) is 0.295. The van der Waals surface area contributed by atoms with Gasteiger partial charge < -0.3 is 4.74 Å². The summed E-state index contributed by atoms with van der Waals surface area (Å²) in [5, 5.41) is 0. The molecule has 0 unspecified atom stereocenters. The van der Waals surface area contributed by atoms with Gasteiger partial charge in [-0.05, 0) is 13.0 Å². The lowest BCUT2D eigenvalue weighted by atomic mass is 10.0. The van der Waals surface area contributed by atoms with Crippen LogP contribution in [-0.2, 0) is 0 Å². The van der Waals surface area contributed by atoms with E-state index >= 15 is 0 Å². The Morgan fingerprint density at radius 3 is 2.62 bits per heavy atom. The number of benzene rings is 1. The van der Waals surface area contributed by atoms with Gasteiger partial charge in [0.15, 0.2) is 12.1 Å². The molecule has 0 aliphatic heterocycles. The molecular formula is C10H10O3. The minimum Gasteiger partial charge on any atom is -0.496 e. The van der Waals surface area contributed by atoms with Gasteiger partial charge in [-0.15, -0.1) is 0 Å². The lowest BCUT2D eigenvalue weighted by Gasteiger charge is -2.05. The first kappa shape index (κ1) is 9.45. The van der Waals surface area contributed by atoms with Crippen molar-refractivity contribution in [1.82, 2.24) is 0 Å². The van der Waals surface area contributed by atoms with Gasteiger partial charge in [-0.2, -0.15) is 0 Å². The summed E-state index contributed by atoms with van der Waals surface area (Å²) in [6.45, 7) is 1.42. The van der Waals surface area contributed by atoms with Gasteiger partial charge in [0.25, 0.3) is 0 Å². The van der Waals surface area contributed by atoms with Crippen LogP contribution in [0, 0.1) is 0 Å². The fourth-order valence-corrected chi connectivity index (χ4v) is 1.15. The molecule has 0 aliphatic carbocycles. The molecule has 0 amide bonds. The highest BCUT2D eigenvalue weighted by atomic mass is 16.5. The number of hydrogen-bond donors (Lipinski definition) is 0. The number of carbonyl (C=O) groups excluding carboxylic acids is 2. The molecule has 0 aliphatic rings. The van der Waals surface area contributed by atoms with Crippen molar-refractivity contribution < 1.29 is 14.3 Å². The molecule has 0 N–H and O–H groups in total. The Bertz CT molecular complexity index is 342. The fraction of sp³-hybridized carbons (Fsp3) is 0.200. The summed E-state index contributed by atoms with van der Waals surface area (Å²) in [4.78, 5) is 21.8. The summed E-state index contributed by atoms with van der Waals surface area (Å²) in [5.41, 5.74) is 0.715. The van der Waals surface area contributed by atoms with Crippen molar-refractivity contribution in [2.45, 2.75) is 6.92 Å². The van der Waals surface area contributed by atoms with Crippen molar-refractivity contribution in [3.63, 3.8) is 0 Å². The normalized spacial score (nSPS) is 9.38. The van der Waals surface area contributed by atoms with Crippen molar-refractivity contribution in [2.75, 3.05) is 7.11 Å². The predicted octanol–water partition coefficient (Wildman–Crippen LogP) is 1.71. The molecular weight excluding hydrogens is 168 g/mol. The standard InChI is InChI=1S/C10H10O3/c1-7(12)8-4-3-5-10(13-2)9(8)6-11/h3-6H,1-2H3. The highest BCUT2D eigenvalue weighted by molar-refractivity contribution is 6.02. The third-order valence-electron chi connectivity index (χ3n) is 1.78. The fourth-order valence-electron chi connectivity index (χ4n) is 1.15. The molecule has 0 bridgehead atoms. The molecule has 13 heavy (non-hydrogen) atoms.